The molecular formula is C14H15N3OS. The summed E-state index contributed by atoms with van der Waals surface area (Å²) in [5.74, 6) is -0.402. The van der Waals surface area contributed by atoms with E-state index in [-0.39, 0.29) is 0 Å². The molecule has 5 heteroatoms. The lowest BCUT2D eigenvalue weighted by Crippen LogP contribution is -2.25. The third-order valence-electron chi connectivity index (χ3n) is 3.34. The predicted octanol–water partition coefficient (Wildman–Crippen LogP) is 1.90. The molecule has 1 aromatic carbocycles. The maximum absolute atomic E-state index is 11.5. The summed E-state index contributed by atoms with van der Waals surface area (Å²) in [5.41, 5.74) is 7.95. The first kappa shape index (κ1) is 12.3. The number of rotatable bonds is 2. The molecule has 4 nitrogen and oxygen atoms in total. The lowest BCUT2D eigenvalue weighted by molar-refractivity contribution is 0.100. The summed E-state index contributed by atoms with van der Waals surface area (Å²) in [7, 11) is 2.10. The Balaban J connectivity index is 2.06. The fraction of sp³-hybridized carbons (Fsp3) is 0.286. The maximum Gasteiger partial charge on any atom is 0.249 e. The number of likely N-dealkylation sites (N-methyl/N-ethyl adjacent to an activating group) is 1. The molecule has 2 heterocycles. The van der Waals surface area contributed by atoms with Gasteiger partial charge in [-0.3, -0.25) is 4.79 Å². The SMILES string of the molecule is CN1CCc2sc(-c3ccccc3C(N)=O)nc2C1. The van der Waals surface area contributed by atoms with Gasteiger partial charge in [0.25, 0.3) is 0 Å². The fourth-order valence-electron chi connectivity index (χ4n) is 2.33. The van der Waals surface area contributed by atoms with Crippen LogP contribution >= 0.6 is 11.3 Å². The van der Waals surface area contributed by atoms with Crippen LogP contribution in [-0.4, -0.2) is 29.4 Å². The second-order valence-corrected chi connectivity index (χ2v) is 5.87. The Morgan fingerprint density at radius 1 is 1.42 bits per heavy atom. The number of nitrogens with zero attached hydrogens (tertiary/aromatic N) is 2. The summed E-state index contributed by atoms with van der Waals surface area (Å²) in [6.07, 6.45) is 1.03. The van der Waals surface area contributed by atoms with E-state index in [4.69, 9.17) is 5.73 Å². The monoisotopic (exact) mass is 273 g/mol. The van der Waals surface area contributed by atoms with Gasteiger partial charge < -0.3 is 10.6 Å². The second-order valence-electron chi connectivity index (χ2n) is 4.79. The van der Waals surface area contributed by atoms with Crippen LogP contribution < -0.4 is 5.73 Å². The Morgan fingerprint density at radius 2 is 2.21 bits per heavy atom. The molecule has 0 bridgehead atoms. The van der Waals surface area contributed by atoms with Crippen molar-refractivity contribution in [3.63, 3.8) is 0 Å². The van der Waals surface area contributed by atoms with Gasteiger partial charge in [0.1, 0.15) is 5.01 Å². The molecule has 0 fully saturated rings. The quantitative estimate of drug-likeness (QED) is 0.909. The molecule has 0 saturated carbocycles. The summed E-state index contributed by atoms with van der Waals surface area (Å²) >= 11 is 1.68. The van der Waals surface area contributed by atoms with Crippen molar-refractivity contribution in [2.75, 3.05) is 13.6 Å². The first-order valence-electron chi connectivity index (χ1n) is 6.21. The van der Waals surface area contributed by atoms with Crippen molar-refractivity contribution in [3.05, 3.63) is 40.4 Å². The Kier molecular flexibility index (Phi) is 3.08. The van der Waals surface area contributed by atoms with Crippen LogP contribution in [-0.2, 0) is 13.0 Å². The number of thiazole rings is 1. The predicted molar refractivity (Wildman–Crippen MR) is 76.1 cm³/mol. The zero-order valence-corrected chi connectivity index (χ0v) is 11.5. The summed E-state index contributed by atoms with van der Waals surface area (Å²) in [4.78, 5) is 19.7. The third-order valence-corrected chi connectivity index (χ3v) is 4.53. The molecule has 0 atom stereocenters. The van der Waals surface area contributed by atoms with Crippen molar-refractivity contribution in [3.8, 4) is 10.6 Å². The molecule has 1 aliphatic rings. The lowest BCUT2D eigenvalue weighted by atomic mass is 10.1. The Labute approximate surface area is 115 Å². The van der Waals surface area contributed by atoms with Crippen molar-refractivity contribution in [1.82, 2.24) is 9.88 Å². The van der Waals surface area contributed by atoms with Gasteiger partial charge in [0, 0.05) is 29.1 Å². The number of carbonyl (C=O) groups excluding carboxylic acids is 1. The zero-order chi connectivity index (χ0) is 13.4. The number of amides is 1. The van der Waals surface area contributed by atoms with Gasteiger partial charge in [-0.25, -0.2) is 4.98 Å². The van der Waals surface area contributed by atoms with Crippen LogP contribution in [0.1, 0.15) is 20.9 Å². The smallest absolute Gasteiger partial charge is 0.249 e. The van der Waals surface area contributed by atoms with Gasteiger partial charge in [-0.15, -0.1) is 11.3 Å². The van der Waals surface area contributed by atoms with Gasteiger partial charge in [-0.05, 0) is 19.5 Å². The fourth-order valence-corrected chi connectivity index (χ4v) is 3.43. The van der Waals surface area contributed by atoms with Crippen molar-refractivity contribution in [2.45, 2.75) is 13.0 Å². The minimum Gasteiger partial charge on any atom is -0.366 e. The van der Waals surface area contributed by atoms with E-state index in [0.717, 1.165) is 35.8 Å². The van der Waals surface area contributed by atoms with Gasteiger partial charge in [-0.1, -0.05) is 18.2 Å². The lowest BCUT2D eigenvalue weighted by Gasteiger charge is -2.20. The van der Waals surface area contributed by atoms with Crippen LogP contribution in [0, 0.1) is 0 Å². The minimum absolute atomic E-state index is 0.402. The van der Waals surface area contributed by atoms with Gasteiger partial charge in [0.05, 0.1) is 5.69 Å². The standard InChI is InChI=1S/C14H15N3OS/c1-17-7-6-12-11(8-17)16-14(19-12)10-5-3-2-4-9(10)13(15)18/h2-5H,6-8H2,1H3,(H2,15,18). The highest BCUT2D eigenvalue weighted by molar-refractivity contribution is 7.15. The molecule has 0 radical (unpaired) electrons. The zero-order valence-electron chi connectivity index (χ0n) is 10.7. The Hall–Kier alpha value is -1.72. The van der Waals surface area contributed by atoms with Gasteiger partial charge in [0.15, 0.2) is 0 Å². The van der Waals surface area contributed by atoms with Crippen molar-refractivity contribution in [1.29, 1.82) is 0 Å². The molecule has 2 aromatic rings. The van der Waals surface area contributed by atoms with Gasteiger partial charge in [-0.2, -0.15) is 0 Å². The highest BCUT2D eigenvalue weighted by Gasteiger charge is 2.20. The molecule has 1 aliphatic heterocycles. The van der Waals surface area contributed by atoms with E-state index < -0.39 is 5.91 Å². The van der Waals surface area contributed by atoms with Gasteiger partial charge >= 0.3 is 0 Å². The number of hydrogen-bond donors (Lipinski definition) is 1. The number of carbonyl (C=O) groups is 1. The molecular weight excluding hydrogens is 258 g/mol. The van der Waals surface area contributed by atoms with E-state index in [2.05, 4.69) is 16.9 Å². The first-order chi connectivity index (χ1) is 9.15. The average molecular weight is 273 g/mol. The second kappa shape index (κ2) is 4.75. The molecule has 0 unspecified atom stereocenters. The highest BCUT2D eigenvalue weighted by Crippen LogP contribution is 2.32. The van der Waals surface area contributed by atoms with Crippen LogP contribution in [0.2, 0.25) is 0 Å². The number of fused-ring (bicyclic) bond motifs is 1. The molecule has 0 saturated heterocycles. The highest BCUT2D eigenvalue weighted by atomic mass is 32.1. The van der Waals surface area contributed by atoms with E-state index in [1.165, 1.54) is 4.88 Å². The molecule has 0 aliphatic carbocycles. The molecule has 3 rings (SSSR count). The Morgan fingerprint density at radius 3 is 3.00 bits per heavy atom. The van der Waals surface area contributed by atoms with E-state index in [0.29, 0.717) is 5.56 Å². The van der Waals surface area contributed by atoms with Gasteiger partial charge in [0.2, 0.25) is 5.91 Å². The molecule has 19 heavy (non-hydrogen) atoms. The van der Waals surface area contributed by atoms with Crippen molar-refractivity contribution >= 4 is 17.2 Å². The summed E-state index contributed by atoms with van der Waals surface area (Å²) < 4.78 is 0. The average Bonchev–Trinajstić information content (AvgIpc) is 2.81. The summed E-state index contributed by atoms with van der Waals surface area (Å²) in [5, 5.41) is 0.898. The van der Waals surface area contributed by atoms with Crippen molar-refractivity contribution in [2.24, 2.45) is 5.73 Å². The normalized spacial score (nSPS) is 15.2. The van der Waals surface area contributed by atoms with E-state index in [9.17, 15) is 4.79 Å². The Bertz CT molecular complexity index is 635. The van der Waals surface area contributed by atoms with E-state index in [1.54, 1.807) is 17.4 Å². The molecule has 1 amide bonds. The van der Waals surface area contributed by atoms with Crippen LogP contribution in [0.3, 0.4) is 0 Å². The number of nitrogens with two attached hydrogens (primary N) is 1. The minimum atomic E-state index is -0.402. The number of aromatic nitrogens is 1. The van der Waals surface area contributed by atoms with E-state index >= 15 is 0 Å². The van der Waals surface area contributed by atoms with Crippen molar-refractivity contribution < 1.29 is 4.79 Å². The number of hydrogen-bond acceptors (Lipinski definition) is 4. The first-order valence-corrected chi connectivity index (χ1v) is 7.03. The molecule has 2 N–H and O–H groups in total. The summed E-state index contributed by atoms with van der Waals surface area (Å²) in [6, 6.07) is 7.40. The summed E-state index contributed by atoms with van der Waals surface area (Å²) in [6.45, 7) is 1.94. The van der Waals surface area contributed by atoms with Crippen LogP contribution in [0.4, 0.5) is 0 Å². The third kappa shape index (κ3) is 2.27. The number of benzene rings is 1. The largest absolute Gasteiger partial charge is 0.366 e. The molecule has 0 spiro atoms. The van der Waals surface area contributed by atoms with E-state index in [1.807, 2.05) is 18.2 Å². The topological polar surface area (TPSA) is 59.2 Å². The van der Waals surface area contributed by atoms with Crippen LogP contribution in [0.25, 0.3) is 10.6 Å². The van der Waals surface area contributed by atoms with Crippen LogP contribution in [0.5, 0.6) is 0 Å². The molecule has 98 valence electrons. The van der Waals surface area contributed by atoms with Crippen LogP contribution in [0.15, 0.2) is 24.3 Å². The maximum atomic E-state index is 11.5. The molecule has 1 aromatic heterocycles. The number of primary amides is 1.